The summed E-state index contributed by atoms with van der Waals surface area (Å²) < 4.78 is 15.9. The van der Waals surface area contributed by atoms with E-state index < -0.39 is 67.7 Å². The number of hydrogen-bond acceptors (Lipinski definition) is 9. The summed E-state index contributed by atoms with van der Waals surface area (Å²) in [6.45, 7) is 0.885. The van der Waals surface area contributed by atoms with Crippen molar-refractivity contribution in [1.29, 1.82) is 0 Å². The molecule has 1 aliphatic heterocycles. The smallest absolute Gasteiger partial charge is 0.308 e. The molecule has 0 unspecified atom stereocenters. The molecule has 10 nitrogen and oxygen atoms in total. The van der Waals surface area contributed by atoms with E-state index in [4.69, 9.17) is 19.3 Å². The van der Waals surface area contributed by atoms with E-state index in [9.17, 15) is 30.0 Å². The van der Waals surface area contributed by atoms with Crippen molar-refractivity contribution in [2.75, 3.05) is 13.2 Å². The summed E-state index contributed by atoms with van der Waals surface area (Å²) in [5.74, 6) is -2.18. The second-order valence-electron chi connectivity index (χ2n) is 7.55. The second kappa shape index (κ2) is 10.8. The van der Waals surface area contributed by atoms with Crippen LogP contribution in [0, 0.1) is 0 Å². The zero-order chi connectivity index (χ0) is 22.3. The Kier molecular flexibility index (Phi) is 8.71. The van der Waals surface area contributed by atoms with Gasteiger partial charge in [0.1, 0.15) is 31.0 Å². The molecule has 1 heterocycles. The van der Waals surface area contributed by atoms with Crippen LogP contribution in [-0.2, 0) is 30.2 Å². The third-order valence-electron chi connectivity index (χ3n) is 4.65. The van der Waals surface area contributed by atoms with Gasteiger partial charge in [-0.25, -0.2) is 0 Å². The predicted molar refractivity (Wildman–Crippen MR) is 101 cm³/mol. The van der Waals surface area contributed by atoms with Gasteiger partial charge >= 0.3 is 11.9 Å². The van der Waals surface area contributed by atoms with E-state index in [0.717, 1.165) is 5.56 Å². The highest BCUT2D eigenvalue weighted by molar-refractivity contribution is 5.73. The van der Waals surface area contributed by atoms with Gasteiger partial charge in [0.2, 0.25) is 0 Å². The van der Waals surface area contributed by atoms with Crippen LogP contribution in [0.5, 0.6) is 0 Å². The number of aliphatic carboxylic acids is 1. The summed E-state index contributed by atoms with van der Waals surface area (Å²) >= 11 is 0. The molecule has 0 radical (unpaired) electrons. The molecule has 168 valence electrons. The monoisotopic (exact) mass is 428 g/mol. The highest BCUT2D eigenvalue weighted by atomic mass is 16.7. The number of carboxylic acids is 1. The Hall–Kier alpha value is -2.08. The van der Waals surface area contributed by atoms with Crippen molar-refractivity contribution >= 4 is 11.9 Å². The van der Waals surface area contributed by atoms with Crippen LogP contribution in [0.1, 0.15) is 25.3 Å². The highest BCUT2D eigenvalue weighted by Crippen LogP contribution is 2.23. The number of rotatable bonds is 10. The summed E-state index contributed by atoms with van der Waals surface area (Å²) in [5.41, 5.74) is -0.796. The molecule has 30 heavy (non-hydrogen) atoms. The number of carbonyl (C=O) groups excluding carboxylic acids is 1. The molecule has 10 heteroatoms. The quantitative estimate of drug-likeness (QED) is 0.299. The fraction of sp³-hybridized carbons (Fsp3) is 0.600. The Balaban J connectivity index is 1.85. The summed E-state index contributed by atoms with van der Waals surface area (Å²) in [4.78, 5) is 22.6. The lowest BCUT2D eigenvalue weighted by molar-refractivity contribution is -0.301. The third kappa shape index (κ3) is 7.31. The number of carbonyl (C=O) groups is 2. The van der Waals surface area contributed by atoms with E-state index in [-0.39, 0.29) is 6.61 Å². The minimum Gasteiger partial charge on any atom is -0.481 e. The molecule has 0 aliphatic carbocycles. The van der Waals surface area contributed by atoms with Crippen LogP contribution in [0.2, 0.25) is 0 Å². The molecular formula is C20H28O10. The predicted octanol–water partition coefficient (Wildman–Crippen LogP) is -0.788. The first-order chi connectivity index (χ1) is 14.1. The van der Waals surface area contributed by atoms with E-state index in [1.165, 1.54) is 6.92 Å². The lowest BCUT2D eigenvalue weighted by atomic mass is 9.98. The van der Waals surface area contributed by atoms with Gasteiger partial charge in [-0.1, -0.05) is 30.3 Å². The molecule has 0 aromatic heterocycles. The van der Waals surface area contributed by atoms with Gasteiger partial charge < -0.3 is 39.7 Å². The number of esters is 1. The first kappa shape index (κ1) is 24.2. The normalized spacial score (nSPS) is 28.5. The van der Waals surface area contributed by atoms with Crippen LogP contribution in [0.3, 0.4) is 0 Å². The van der Waals surface area contributed by atoms with Crippen molar-refractivity contribution < 1.29 is 49.3 Å². The largest absolute Gasteiger partial charge is 0.481 e. The summed E-state index contributed by atoms with van der Waals surface area (Å²) in [6.07, 6.45) is -7.74. The molecular weight excluding hydrogens is 400 g/mol. The van der Waals surface area contributed by atoms with Crippen molar-refractivity contribution in [3.63, 3.8) is 0 Å². The minimum atomic E-state index is -1.80. The van der Waals surface area contributed by atoms with Crippen molar-refractivity contribution in [2.45, 2.75) is 62.5 Å². The molecule has 1 fully saturated rings. The lowest BCUT2D eigenvalue weighted by Gasteiger charge is -2.40. The Morgan fingerprint density at radius 1 is 1.07 bits per heavy atom. The van der Waals surface area contributed by atoms with Crippen molar-refractivity contribution in [1.82, 2.24) is 0 Å². The minimum absolute atomic E-state index is 0.180. The number of aliphatic hydroxyl groups excluding tert-OH is 3. The van der Waals surface area contributed by atoms with Gasteiger partial charge in [0.05, 0.1) is 25.0 Å². The molecule has 2 rings (SSSR count). The fourth-order valence-corrected chi connectivity index (χ4v) is 3.05. The Morgan fingerprint density at radius 3 is 2.37 bits per heavy atom. The van der Waals surface area contributed by atoms with Crippen LogP contribution < -0.4 is 0 Å². The maximum Gasteiger partial charge on any atom is 0.308 e. The van der Waals surface area contributed by atoms with E-state index in [0.29, 0.717) is 6.42 Å². The van der Waals surface area contributed by atoms with Crippen LogP contribution >= 0.6 is 0 Å². The molecule has 1 aromatic carbocycles. The standard InChI is InChI=1S/C20H28O10/c1-20(27,9-14(21)22)10-15(23)29-11-13-16(24)17(25)18(26)19(30-13)28-8-7-12-5-3-2-4-6-12/h2-6,13,16-19,24-27H,7-11H2,1H3,(H,21,22)/t13-,16+,17-,18+,19+,20-/m0/s1. The molecule has 1 saturated heterocycles. The van der Waals surface area contributed by atoms with Gasteiger partial charge in [-0.2, -0.15) is 0 Å². The van der Waals surface area contributed by atoms with Gasteiger partial charge in [0, 0.05) is 0 Å². The van der Waals surface area contributed by atoms with Crippen molar-refractivity contribution in [2.24, 2.45) is 0 Å². The number of ether oxygens (including phenoxy) is 3. The molecule has 1 aliphatic rings. The Morgan fingerprint density at radius 2 is 1.73 bits per heavy atom. The van der Waals surface area contributed by atoms with Crippen LogP contribution in [0.15, 0.2) is 30.3 Å². The average molecular weight is 428 g/mol. The van der Waals surface area contributed by atoms with Gasteiger partial charge in [-0.05, 0) is 18.9 Å². The van der Waals surface area contributed by atoms with E-state index >= 15 is 0 Å². The van der Waals surface area contributed by atoms with Crippen LogP contribution in [0.25, 0.3) is 0 Å². The number of benzene rings is 1. The lowest BCUT2D eigenvalue weighted by Crippen LogP contribution is -2.59. The average Bonchev–Trinajstić information content (AvgIpc) is 2.66. The highest BCUT2D eigenvalue weighted by Gasteiger charge is 2.45. The van der Waals surface area contributed by atoms with Crippen LogP contribution in [-0.4, -0.2) is 87.0 Å². The second-order valence-corrected chi connectivity index (χ2v) is 7.55. The first-order valence-corrected chi connectivity index (χ1v) is 9.54. The molecule has 0 bridgehead atoms. The Bertz CT molecular complexity index is 692. The first-order valence-electron chi connectivity index (χ1n) is 9.54. The molecule has 0 spiro atoms. The molecule has 6 atom stereocenters. The zero-order valence-corrected chi connectivity index (χ0v) is 16.6. The van der Waals surface area contributed by atoms with E-state index in [1.807, 2.05) is 30.3 Å². The van der Waals surface area contributed by atoms with E-state index in [2.05, 4.69) is 0 Å². The summed E-state index contributed by atoms with van der Waals surface area (Å²) in [6, 6.07) is 9.44. The third-order valence-corrected chi connectivity index (χ3v) is 4.65. The van der Waals surface area contributed by atoms with E-state index in [1.54, 1.807) is 0 Å². The molecule has 0 saturated carbocycles. The number of aliphatic hydroxyl groups is 4. The summed E-state index contributed by atoms with van der Waals surface area (Å²) in [7, 11) is 0. The topological polar surface area (TPSA) is 163 Å². The molecule has 0 amide bonds. The zero-order valence-electron chi connectivity index (χ0n) is 16.6. The molecule has 1 aromatic rings. The SMILES string of the molecule is C[C@](O)(CC(=O)O)CC(=O)OC[C@@H]1O[C@@H](OCCc2ccccc2)[C@H](O)[C@@H](O)[C@@H]1O. The Labute approximate surface area is 173 Å². The fourth-order valence-electron chi connectivity index (χ4n) is 3.05. The van der Waals surface area contributed by atoms with Gasteiger partial charge in [-0.3, -0.25) is 9.59 Å². The number of hydrogen-bond donors (Lipinski definition) is 5. The molecule has 5 N–H and O–H groups in total. The maximum absolute atomic E-state index is 11.9. The van der Waals surface area contributed by atoms with Gasteiger partial charge in [0.25, 0.3) is 0 Å². The maximum atomic E-state index is 11.9. The number of carboxylic acid groups (broad SMARTS) is 1. The van der Waals surface area contributed by atoms with Gasteiger partial charge in [-0.15, -0.1) is 0 Å². The van der Waals surface area contributed by atoms with Gasteiger partial charge in [0.15, 0.2) is 6.29 Å². The summed E-state index contributed by atoms with van der Waals surface area (Å²) in [5, 5.41) is 48.8. The van der Waals surface area contributed by atoms with Crippen LogP contribution in [0.4, 0.5) is 0 Å². The van der Waals surface area contributed by atoms with Crippen molar-refractivity contribution in [3.05, 3.63) is 35.9 Å². The van der Waals surface area contributed by atoms with Crippen molar-refractivity contribution in [3.8, 4) is 0 Å².